The van der Waals surface area contributed by atoms with Crippen molar-refractivity contribution in [2.45, 2.75) is 13.8 Å². The molecule has 0 spiro atoms. The Hall–Kier alpha value is -1.81. The van der Waals surface area contributed by atoms with Crippen LogP contribution in [0.15, 0.2) is 30.6 Å². The third kappa shape index (κ3) is 3.11. The highest BCUT2D eigenvalue weighted by Gasteiger charge is 2.04. The molecule has 4 nitrogen and oxygen atoms in total. The van der Waals surface area contributed by atoms with Gasteiger partial charge in [-0.1, -0.05) is 11.6 Å². The van der Waals surface area contributed by atoms with E-state index in [1.165, 1.54) is 0 Å². The highest BCUT2D eigenvalue weighted by Crippen LogP contribution is 2.26. The average molecular weight is 264 g/mol. The molecule has 2 rings (SSSR count). The van der Waals surface area contributed by atoms with E-state index in [1.54, 1.807) is 18.5 Å². The van der Waals surface area contributed by atoms with Crippen LogP contribution in [0.3, 0.4) is 0 Å². The molecule has 0 bridgehead atoms. The van der Waals surface area contributed by atoms with Gasteiger partial charge in [-0.3, -0.25) is 4.98 Å². The summed E-state index contributed by atoms with van der Waals surface area (Å²) in [5.41, 5.74) is 0.957. The largest absolute Gasteiger partial charge is 0.437 e. The second-order valence-corrected chi connectivity index (χ2v) is 4.22. The van der Waals surface area contributed by atoms with Crippen molar-refractivity contribution in [3.05, 3.63) is 41.2 Å². The summed E-state index contributed by atoms with van der Waals surface area (Å²) in [6.45, 7) is 4.72. The van der Waals surface area contributed by atoms with Crippen molar-refractivity contribution in [3.63, 3.8) is 0 Å². The first-order chi connectivity index (χ1) is 8.69. The standard InChI is InChI=1S/C13H14ClN3O/c1-3-16-12-7-15-8-13(17-12)18-11-5-4-10(14)6-9(11)2/h4-8H,3H2,1-2H3,(H,16,17). The summed E-state index contributed by atoms with van der Waals surface area (Å²) < 4.78 is 5.68. The number of nitrogens with one attached hydrogen (secondary N) is 1. The molecule has 0 unspecified atom stereocenters. The van der Waals surface area contributed by atoms with Crippen molar-refractivity contribution in [2.75, 3.05) is 11.9 Å². The molecular formula is C13H14ClN3O. The molecular weight excluding hydrogens is 250 g/mol. The number of halogens is 1. The Morgan fingerprint density at radius 3 is 2.89 bits per heavy atom. The van der Waals surface area contributed by atoms with Gasteiger partial charge in [-0.2, -0.15) is 4.98 Å². The number of hydrogen-bond acceptors (Lipinski definition) is 4. The van der Waals surface area contributed by atoms with E-state index in [0.717, 1.165) is 17.9 Å². The van der Waals surface area contributed by atoms with Gasteiger partial charge in [0.15, 0.2) is 0 Å². The van der Waals surface area contributed by atoms with E-state index in [0.29, 0.717) is 16.7 Å². The van der Waals surface area contributed by atoms with Gasteiger partial charge in [-0.05, 0) is 37.6 Å². The van der Waals surface area contributed by atoms with Gasteiger partial charge in [0, 0.05) is 11.6 Å². The van der Waals surface area contributed by atoms with Gasteiger partial charge >= 0.3 is 0 Å². The van der Waals surface area contributed by atoms with E-state index < -0.39 is 0 Å². The third-order valence-corrected chi connectivity index (χ3v) is 2.56. The molecule has 1 aromatic heterocycles. The molecule has 18 heavy (non-hydrogen) atoms. The Bertz CT molecular complexity index is 546. The van der Waals surface area contributed by atoms with E-state index >= 15 is 0 Å². The monoisotopic (exact) mass is 263 g/mol. The Morgan fingerprint density at radius 1 is 1.33 bits per heavy atom. The number of nitrogens with zero attached hydrogens (tertiary/aromatic N) is 2. The zero-order chi connectivity index (χ0) is 13.0. The molecule has 0 atom stereocenters. The van der Waals surface area contributed by atoms with E-state index in [9.17, 15) is 0 Å². The van der Waals surface area contributed by atoms with Crippen LogP contribution in [0, 0.1) is 6.92 Å². The van der Waals surface area contributed by atoms with Crippen molar-refractivity contribution in [2.24, 2.45) is 0 Å². The SMILES string of the molecule is CCNc1cncc(Oc2ccc(Cl)cc2C)n1. The molecule has 1 N–H and O–H groups in total. The minimum atomic E-state index is 0.457. The summed E-state index contributed by atoms with van der Waals surface area (Å²) in [7, 11) is 0. The highest BCUT2D eigenvalue weighted by atomic mass is 35.5. The quantitative estimate of drug-likeness (QED) is 0.914. The van der Waals surface area contributed by atoms with Gasteiger partial charge in [0.1, 0.15) is 11.6 Å². The Kier molecular flexibility index (Phi) is 3.99. The van der Waals surface area contributed by atoms with Crippen molar-refractivity contribution in [1.82, 2.24) is 9.97 Å². The van der Waals surface area contributed by atoms with Crippen molar-refractivity contribution in [3.8, 4) is 11.6 Å². The van der Waals surface area contributed by atoms with Crippen LogP contribution < -0.4 is 10.1 Å². The van der Waals surface area contributed by atoms with Gasteiger partial charge in [0.05, 0.1) is 12.4 Å². The fourth-order valence-corrected chi connectivity index (χ4v) is 1.73. The van der Waals surface area contributed by atoms with E-state index in [4.69, 9.17) is 16.3 Å². The molecule has 5 heteroatoms. The van der Waals surface area contributed by atoms with Gasteiger partial charge < -0.3 is 10.1 Å². The molecule has 0 saturated heterocycles. The van der Waals surface area contributed by atoms with Crippen LogP contribution >= 0.6 is 11.6 Å². The fraction of sp³-hybridized carbons (Fsp3) is 0.231. The Balaban J connectivity index is 2.20. The molecule has 0 amide bonds. The molecule has 0 aliphatic carbocycles. The predicted molar refractivity (Wildman–Crippen MR) is 72.5 cm³/mol. The zero-order valence-corrected chi connectivity index (χ0v) is 11.0. The topological polar surface area (TPSA) is 47.0 Å². The first-order valence-electron chi connectivity index (χ1n) is 5.69. The lowest BCUT2D eigenvalue weighted by Crippen LogP contribution is -2.01. The first kappa shape index (κ1) is 12.6. The highest BCUT2D eigenvalue weighted by molar-refractivity contribution is 6.30. The first-order valence-corrected chi connectivity index (χ1v) is 6.06. The summed E-state index contributed by atoms with van der Waals surface area (Å²) in [5, 5.41) is 3.77. The minimum Gasteiger partial charge on any atom is -0.437 e. The van der Waals surface area contributed by atoms with Crippen LogP contribution in [-0.2, 0) is 0 Å². The number of hydrogen-bond donors (Lipinski definition) is 1. The van der Waals surface area contributed by atoms with Crippen LogP contribution in [-0.4, -0.2) is 16.5 Å². The predicted octanol–water partition coefficient (Wildman–Crippen LogP) is 3.66. The number of anilines is 1. The van der Waals surface area contributed by atoms with E-state index in [2.05, 4.69) is 15.3 Å². The van der Waals surface area contributed by atoms with Crippen molar-refractivity contribution >= 4 is 17.4 Å². The maximum atomic E-state index is 5.89. The van der Waals surface area contributed by atoms with E-state index in [-0.39, 0.29) is 0 Å². The normalized spacial score (nSPS) is 10.2. The second kappa shape index (κ2) is 5.69. The van der Waals surface area contributed by atoms with Crippen LogP contribution in [0.5, 0.6) is 11.6 Å². The van der Waals surface area contributed by atoms with Crippen LogP contribution in [0.4, 0.5) is 5.82 Å². The van der Waals surface area contributed by atoms with Gasteiger partial charge in [-0.15, -0.1) is 0 Å². The smallest absolute Gasteiger partial charge is 0.239 e. The summed E-state index contributed by atoms with van der Waals surface area (Å²) in [6.07, 6.45) is 3.24. The summed E-state index contributed by atoms with van der Waals surface area (Å²) in [5.74, 6) is 1.88. The van der Waals surface area contributed by atoms with E-state index in [1.807, 2.05) is 26.0 Å². The maximum absolute atomic E-state index is 5.89. The number of benzene rings is 1. The molecule has 0 aliphatic rings. The van der Waals surface area contributed by atoms with Crippen LogP contribution in [0.2, 0.25) is 5.02 Å². The molecule has 94 valence electrons. The van der Waals surface area contributed by atoms with Gasteiger partial charge in [0.25, 0.3) is 0 Å². The lowest BCUT2D eigenvalue weighted by molar-refractivity contribution is 0.457. The number of ether oxygens (including phenoxy) is 1. The second-order valence-electron chi connectivity index (χ2n) is 3.78. The Morgan fingerprint density at radius 2 is 2.17 bits per heavy atom. The van der Waals surface area contributed by atoms with Crippen molar-refractivity contribution in [1.29, 1.82) is 0 Å². The number of rotatable bonds is 4. The number of aryl methyl sites for hydroxylation is 1. The maximum Gasteiger partial charge on any atom is 0.239 e. The van der Waals surface area contributed by atoms with Crippen LogP contribution in [0.1, 0.15) is 12.5 Å². The molecule has 2 aromatic rings. The third-order valence-electron chi connectivity index (χ3n) is 2.32. The summed E-state index contributed by atoms with van der Waals surface area (Å²) in [4.78, 5) is 8.36. The van der Waals surface area contributed by atoms with Crippen molar-refractivity contribution < 1.29 is 4.74 Å². The lowest BCUT2D eigenvalue weighted by atomic mass is 10.2. The van der Waals surface area contributed by atoms with Gasteiger partial charge in [0.2, 0.25) is 5.88 Å². The molecule has 1 heterocycles. The Labute approximate surface area is 111 Å². The molecule has 0 radical (unpaired) electrons. The van der Waals surface area contributed by atoms with Gasteiger partial charge in [-0.25, -0.2) is 0 Å². The fourth-order valence-electron chi connectivity index (χ4n) is 1.50. The summed E-state index contributed by atoms with van der Waals surface area (Å²) in [6, 6.07) is 5.45. The zero-order valence-electron chi connectivity index (χ0n) is 10.3. The lowest BCUT2D eigenvalue weighted by Gasteiger charge is -2.09. The molecule has 1 aromatic carbocycles. The minimum absolute atomic E-state index is 0.457. The molecule has 0 saturated carbocycles. The average Bonchev–Trinajstić information content (AvgIpc) is 2.34. The molecule has 0 aliphatic heterocycles. The number of aromatic nitrogens is 2. The van der Waals surface area contributed by atoms with Crippen LogP contribution in [0.25, 0.3) is 0 Å². The summed E-state index contributed by atoms with van der Waals surface area (Å²) >= 11 is 5.89. The molecule has 0 fully saturated rings.